The van der Waals surface area contributed by atoms with Crippen LogP contribution in [0.2, 0.25) is 0 Å². The highest BCUT2D eigenvalue weighted by Crippen LogP contribution is 2.26. The fraction of sp³-hybridized carbons (Fsp3) is 0.267. The van der Waals surface area contributed by atoms with Gasteiger partial charge in [0.15, 0.2) is 0 Å². The lowest BCUT2D eigenvalue weighted by Gasteiger charge is -2.21. The highest BCUT2D eigenvalue weighted by atomic mass is 32.1. The molecule has 0 aliphatic heterocycles. The standard InChI is InChI=1S/C15H17FN2O2S/c1-20-12(9-17)15(19)18-14(13-3-2-8-21-13)10-4-6-11(16)7-5-10/h2-8,12,14H,9,17H2,1H3,(H,18,19). The Bertz CT molecular complexity index is 568. The van der Waals surface area contributed by atoms with Gasteiger partial charge < -0.3 is 15.8 Å². The van der Waals surface area contributed by atoms with Crippen molar-refractivity contribution in [1.82, 2.24) is 5.32 Å². The minimum Gasteiger partial charge on any atom is -0.370 e. The molecule has 0 radical (unpaired) electrons. The van der Waals surface area contributed by atoms with E-state index >= 15 is 0 Å². The molecule has 1 amide bonds. The van der Waals surface area contributed by atoms with Gasteiger partial charge in [0.2, 0.25) is 0 Å². The first-order chi connectivity index (χ1) is 10.2. The molecule has 0 bridgehead atoms. The first kappa shape index (κ1) is 15.6. The Morgan fingerprint density at radius 3 is 2.62 bits per heavy atom. The lowest BCUT2D eigenvalue weighted by Crippen LogP contribution is -2.42. The van der Waals surface area contributed by atoms with Crippen LogP contribution >= 0.6 is 11.3 Å². The predicted octanol–water partition coefficient (Wildman–Crippen LogP) is 2.07. The number of nitrogens with one attached hydrogen (secondary N) is 1. The quantitative estimate of drug-likeness (QED) is 0.858. The highest BCUT2D eigenvalue weighted by Gasteiger charge is 2.22. The summed E-state index contributed by atoms with van der Waals surface area (Å²) in [6.45, 7) is 0.100. The van der Waals surface area contributed by atoms with E-state index in [1.54, 1.807) is 12.1 Å². The van der Waals surface area contributed by atoms with Crippen LogP contribution < -0.4 is 11.1 Å². The second kappa shape index (κ2) is 7.31. The van der Waals surface area contributed by atoms with E-state index in [-0.39, 0.29) is 24.3 Å². The Kier molecular flexibility index (Phi) is 5.44. The van der Waals surface area contributed by atoms with Crippen molar-refractivity contribution in [2.24, 2.45) is 5.73 Å². The first-order valence-corrected chi connectivity index (χ1v) is 7.35. The Morgan fingerprint density at radius 1 is 1.38 bits per heavy atom. The summed E-state index contributed by atoms with van der Waals surface area (Å²) in [5, 5.41) is 4.83. The van der Waals surface area contributed by atoms with Gasteiger partial charge in [-0.15, -0.1) is 11.3 Å². The van der Waals surface area contributed by atoms with E-state index < -0.39 is 6.10 Å². The maximum Gasteiger partial charge on any atom is 0.251 e. The molecule has 21 heavy (non-hydrogen) atoms. The average Bonchev–Trinajstić information content (AvgIpc) is 3.01. The van der Waals surface area contributed by atoms with Gasteiger partial charge in [-0.1, -0.05) is 18.2 Å². The van der Waals surface area contributed by atoms with Crippen molar-refractivity contribution in [3.8, 4) is 0 Å². The van der Waals surface area contributed by atoms with E-state index in [9.17, 15) is 9.18 Å². The van der Waals surface area contributed by atoms with E-state index in [2.05, 4.69) is 5.32 Å². The van der Waals surface area contributed by atoms with E-state index in [0.29, 0.717) is 0 Å². The average molecular weight is 308 g/mol. The lowest BCUT2D eigenvalue weighted by atomic mass is 10.0. The number of rotatable bonds is 6. The van der Waals surface area contributed by atoms with Crippen LogP contribution in [0, 0.1) is 5.82 Å². The Labute approximate surface area is 126 Å². The van der Waals surface area contributed by atoms with Crippen molar-refractivity contribution in [1.29, 1.82) is 0 Å². The SMILES string of the molecule is COC(CN)C(=O)NC(c1ccc(F)cc1)c1cccs1. The molecule has 3 N–H and O–H groups in total. The number of methoxy groups -OCH3 is 1. The molecule has 0 spiro atoms. The molecule has 0 aliphatic rings. The van der Waals surface area contributed by atoms with Crippen molar-refractivity contribution in [3.63, 3.8) is 0 Å². The highest BCUT2D eigenvalue weighted by molar-refractivity contribution is 7.10. The van der Waals surface area contributed by atoms with E-state index in [4.69, 9.17) is 10.5 Å². The molecule has 0 saturated heterocycles. The van der Waals surface area contributed by atoms with Crippen molar-refractivity contribution < 1.29 is 13.9 Å². The van der Waals surface area contributed by atoms with Gasteiger partial charge in [-0.2, -0.15) is 0 Å². The monoisotopic (exact) mass is 308 g/mol. The summed E-state index contributed by atoms with van der Waals surface area (Å²) in [5.41, 5.74) is 6.31. The van der Waals surface area contributed by atoms with Crippen LogP contribution in [-0.4, -0.2) is 25.7 Å². The third-order valence-electron chi connectivity index (χ3n) is 3.11. The fourth-order valence-corrected chi connectivity index (χ4v) is 2.78. The van der Waals surface area contributed by atoms with Gasteiger partial charge in [-0.25, -0.2) is 4.39 Å². The van der Waals surface area contributed by atoms with Gasteiger partial charge in [0.05, 0.1) is 6.04 Å². The van der Waals surface area contributed by atoms with Crippen molar-refractivity contribution in [2.45, 2.75) is 12.1 Å². The van der Waals surface area contributed by atoms with Crippen LogP contribution in [0.5, 0.6) is 0 Å². The number of benzene rings is 1. The van der Waals surface area contributed by atoms with Gasteiger partial charge in [0.1, 0.15) is 11.9 Å². The van der Waals surface area contributed by atoms with E-state index in [1.165, 1.54) is 30.6 Å². The zero-order chi connectivity index (χ0) is 15.2. The van der Waals surface area contributed by atoms with Crippen LogP contribution in [0.15, 0.2) is 41.8 Å². The van der Waals surface area contributed by atoms with Gasteiger partial charge in [0.25, 0.3) is 5.91 Å². The number of amides is 1. The molecule has 0 fully saturated rings. The molecule has 2 atom stereocenters. The Morgan fingerprint density at radius 2 is 2.10 bits per heavy atom. The fourth-order valence-electron chi connectivity index (χ4n) is 1.97. The Hall–Kier alpha value is -1.76. The summed E-state index contributed by atoms with van der Waals surface area (Å²) >= 11 is 1.52. The van der Waals surface area contributed by atoms with Crippen LogP contribution in [0.1, 0.15) is 16.5 Å². The third kappa shape index (κ3) is 3.87. The molecule has 4 nitrogen and oxygen atoms in total. The number of nitrogens with two attached hydrogens (primary N) is 1. The number of thiophene rings is 1. The van der Waals surface area contributed by atoms with Gasteiger partial charge in [-0.05, 0) is 29.1 Å². The maximum atomic E-state index is 13.1. The minimum atomic E-state index is -0.701. The van der Waals surface area contributed by atoms with Crippen molar-refractivity contribution >= 4 is 17.2 Å². The predicted molar refractivity (Wildman–Crippen MR) is 80.6 cm³/mol. The molecule has 6 heteroatoms. The van der Waals surface area contributed by atoms with Gasteiger partial charge in [0, 0.05) is 18.5 Å². The number of carbonyl (C=O) groups is 1. The third-order valence-corrected chi connectivity index (χ3v) is 4.05. The second-order valence-corrected chi connectivity index (χ2v) is 5.45. The number of halogens is 1. The van der Waals surface area contributed by atoms with Crippen LogP contribution in [0.4, 0.5) is 4.39 Å². The molecule has 2 unspecified atom stereocenters. The van der Waals surface area contributed by atoms with Gasteiger partial charge in [-0.3, -0.25) is 4.79 Å². The summed E-state index contributed by atoms with van der Waals surface area (Å²) < 4.78 is 18.1. The number of hydrogen-bond acceptors (Lipinski definition) is 4. The van der Waals surface area contributed by atoms with Gasteiger partial charge >= 0.3 is 0 Å². The summed E-state index contributed by atoms with van der Waals surface area (Å²) in [5.74, 6) is -0.602. The minimum absolute atomic E-state index is 0.100. The van der Waals surface area contributed by atoms with E-state index in [0.717, 1.165) is 10.4 Å². The Balaban J connectivity index is 2.25. The summed E-state index contributed by atoms with van der Waals surface area (Å²) in [4.78, 5) is 13.1. The van der Waals surface area contributed by atoms with Crippen LogP contribution in [-0.2, 0) is 9.53 Å². The largest absolute Gasteiger partial charge is 0.370 e. The maximum absolute atomic E-state index is 13.1. The molecule has 1 aromatic heterocycles. The summed E-state index contributed by atoms with van der Waals surface area (Å²) in [6.07, 6.45) is -0.701. The zero-order valence-corrected chi connectivity index (χ0v) is 12.4. The number of hydrogen-bond donors (Lipinski definition) is 2. The number of carbonyl (C=O) groups excluding carboxylic acids is 1. The van der Waals surface area contributed by atoms with Crippen molar-refractivity contribution in [3.05, 3.63) is 58.0 Å². The molecule has 0 saturated carbocycles. The lowest BCUT2D eigenvalue weighted by molar-refractivity contribution is -0.131. The molecule has 1 aromatic carbocycles. The second-order valence-electron chi connectivity index (χ2n) is 4.47. The van der Waals surface area contributed by atoms with Crippen LogP contribution in [0.25, 0.3) is 0 Å². The topological polar surface area (TPSA) is 64.3 Å². The molecule has 2 aromatic rings. The molecule has 2 rings (SSSR count). The molecule has 0 aliphatic carbocycles. The van der Waals surface area contributed by atoms with Crippen LogP contribution in [0.3, 0.4) is 0 Å². The molecule has 112 valence electrons. The number of ether oxygens (including phenoxy) is 1. The zero-order valence-electron chi connectivity index (χ0n) is 11.6. The molecular weight excluding hydrogens is 291 g/mol. The van der Waals surface area contributed by atoms with E-state index in [1.807, 2.05) is 17.5 Å². The molecular formula is C15H17FN2O2S. The first-order valence-electron chi connectivity index (χ1n) is 6.47. The summed E-state index contributed by atoms with van der Waals surface area (Å²) in [7, 11) is 1.44. The van der Waals surface area contributed by atoms with Crippen molar-refractivity contribution in [2.75, 3.05) is 13.7 Å². The molecule has 1 heterocycles. The summed E-state index contributed by atoms with van der Waals surface area (Å²) in [6, 6.07) is 9.54. The smallest absolute Gasteiger partial charge is 0.251 e. The normalized spacial score (nSPS) is 13.7.